The molecule has 0 aliphatic heterocycles. The van der Waals surface area contributed by atoms with Gasteiger partial charge >= 0.3 is 0 Å². The Kier molecular flexibility index (Phi) is 10.4. The molecular formula is C31H38ClN3O4S. The number of hydrogen-bond donors (Lipinski definition) is 1. The van der Waals surface area contributed by atoms with E-state index in [1.54, 1.807) is 43.3 Å². The van der Waals surface area contributed by atoms with Crippen molar-refractivity contribution in [2.75, 3.05) is 17.4 Å². The first-order valence-corrected chi connectivity index (χ1v) is 15.1. The van der Waals surface area contributed by atoms with Gasteiger partial charge in [-0.1, -0.05) is 73.0 Å². The van der Waals surface area contributed by atoms with E-state index in [0.717, 1.165) is 21.0 Å². The Labute approximate surface area is 243 Å². The molecule has 3 aromatic carbocycles. The molecule has 0 bridgehead atoms. The molecule has 0 saturated heterocycles. The second-order valence-corrected chi connectivity index (χ2v) is 12.9. The van der Waals surface area contributed by atoms with Crippen LogP contribution in [0.2, 0.25) is 5.02 Å². The lowest BCUT2D eigenvalue weighted by Crippen LogP contribution is -2.51. The van der Waals surface area contributed by atoms with E-state index in [1.807, 2.05) is 52.8 Å². The molecular weight excluding hydrogens is 546 g/mol. The number of anilines is 1. The molecule has 9 heteroatoms. The summed E-state index contributed by atoms with van der Waals surface area (Å²) in [5.41, 5.74) is 3.73. The van der Waals surface area contributed by atoms with Gasteiger partial charge in [0.1, 0.15) is 12.6 Å². The van der Waals surface area contributed by atoms with Crippen LogP contribution in [0.5, 0.6) is 0 Å². The van der Waals surface area contributed by atoms with Crippen LogP contribution in [0.15, 0.2) is 71.6 Å². The van der Waals surface area contributed by atoms with Crippen molar-refractivity contribution in [2.45, 2.75) is 59.0 Å². The van der Waals surface area contributed by atoms with Gasteiger partial charge in [0, 0.05) is 18.1 Å². The summed E-state index contributed by atoms with van der Waals surface area (Å²) in [4.78, 5) is 28.6. The van der Waals surface area contributed by atoms with E-state index in [4.69, 9.17) is 11.6 Å². The van der Waals surface area contributed by atoms with Crippen molar-refractivity contribution < 1.29 is 18.0 Å². The molecule has 0 heterocycles. The summed E-state index contributed by atoms with van der Waals surface area (Å²) < 4.78 is 29.1. The Morgan fingerprint density at radius 3 is 2.15 bits per heavy atom. The van der Waals surface area contributed by atoms with Crippen LogP contribution in [0.1, 0.15) is 43.0 Å². The highest BCUT2D eigenvalue weighted by Gasteiger charge is 2.33. The van der Waals surface area contributed by atoms with Gasteiger partial charge in [0.2, 0.25) is 11.8 Å². The number of aryl methyl sites for hydroxylation is 3. The topological polar surface area (TPSA) is 86.8 Å². The van der Waals surface area contributed by atoms with E-state index < -0.39 is 28.5 Å². The number of sulfonamides is 1. The van der Waals surface area contributed by atoms with Gasteiger partial charge in [0.25, 0.3) is 10.0 Å². The molecule has 1 N–H and O–H groups in total. The minimum atomic E-state index is -4.12. The maximum atomic E-state index is 14.0. The summed E-state index contributed by atoms with van der Waals surface area (Å²) in [6.45, 7) is 11.3. The Balaban J connectivity index is 2.05. The van der Waals surface area contributed by atoms with Crippen LogP contribution in [0.25, 0.3) is 0 Å². The van der Waals surface area contributed by atoms with Crippen LogP contribution in [-0.2, 0) is 26.2 Å². The van der Waals surface area contributed by atoms with Gasteiger partial charge < -0.3 is 10.2 Å². The molecule has 214 valence electrons. The Hall–Kier alpha value is -3.36. The number of nitrogens with zero attached hydrogens (tertiary/aromatic N) is 2. The van der Waals surface area contributed by atoms with Crippen LogP contribution in [0.4, 0.5) is 5.69 Å². The minimum Gasteiger partial charge on any atom is -0.354 e. The molecule has 0 aliphatic carbocycles. The second-order valence-electron chi connectivity index (χ2n) is 10.6. The Morgan fingerprint density at radius 1 is 0.900 bits per heavy atom. The fourth-order valence-corrected chi connectivity index (χ4v) is 5.99. The third kappa shape index (κ3) is 7.86. The van der Waals surface area contributed by atoms with Gasteiger partial charge in [-0.05, 0) is 75.1 Å². The van der Waals surface area contributed by atoms with Crippen LogP contribution in [0, 0.1) is 26.7 Å². The van der Waals surface area contributed by atoms with E-state index in [2.05, 4.69) is 5.32 Å². The molecule has 3 aromatic rings. The molecule has 0 radical (unpaired) electrons. The van der Waals surface area contributed by atoms with Crippen LogP contribution >= 0.6 is 11.6 Å². The maximum Gasteiger partial charge on any atom is 0.264 e. The molecule has 7 nitrogen and oxygen atoms in total. The average Bonchev–Trinajstić information content (AvgIpc) is 2.89. The van der Waals surface area contributed by atoms with Crippen molar-refractivity contribution in [3.63, 3.8) is 0 Å². The monoisotopic (exact) mass is 583 g/mol. The van der Waals surface area contributed by atoms with Gasteiger partial charge in [-0.25, -0.2) is 8.42 Å². The number of benzene rings is 3. The first kappa shape index (κ1) is 31.2. The fourth-order valence-electron chi connectivity index (χ4n) is 4.30. The number of halogens is 1. The highest BCUT2D eigenvalue weighted by molar-refractivity contribution is 7.92. The smallest absolute Gasteiger partial charge is 0.264 e. The standard InChI is InChI=1S/C31H38ClN3O4S/c1-21(2)18-33-31(37)25(6)34(19-26-8-7-9-27(32)17-26)30(36)20-35(29-15-12-23(4)16-24(29)5)40(38,39)28-13-10-22(3)11-14-28/h7-17,21,25H,18-20H2,1-6H3,(H,33,37)/t25-/m1/s1. The predicted octanol–water partition coefficient (Wildman–Crippen LogP) is 5.65. The quantitative estimate of drug-likeness (QED) is 0.316. The van der Waals surface area contributed by atoms with E-state index >= 15 is 0 Å². The lowest BCUT2D eigenvalue weighted by molar-refractivity contribution is -0.139. The third-order valence-electron chi connectivity index (χ3n) is 6.60. The molecule has 0 spiro atoms. The lowest BCUT2D eigenvalue weighted by atomic mass is 10.1. The largest absolute Gasteiger partial charge is 0.354 e. The van der Waals surface area contributed by atoms with Gasteiger partial charge in [0.15, 0.2) is 0 Å². The van der Waals surface area contributed by atoms with E-state index in [0.29, 0.717) is 22.8 Å². The van der Waals surface area contributed by atoms with E-state index in [1.165, 1.54) is 17.0 Å². The molecule has 0 unspecified atom stereocenters. The van der Waals surface area contributed by atoms with Crippen molar-refractivity contribution in [2.24, 2.45) is 5.92 Å². The predicted molar refractivity (Wildman–Crippen MR) is 161 cm³/mol. The Bertz CT molecular complexity index is 1460. The van der Waals surface area contributed by atoms with Crippen molar-refractivity contribution in [1.82, 2.24) is 10.2 Å². The molecule has 0 saturated carbocycles. The first-order chi connectivity index (χ1) is 18.8. The zero-order valence-corrected chi connectivity index (χ0v) is 25.5. The number of rotatable bonds is 11. The van der Waals surface area contributed by atoms with Crippen LogP contribution in [-0.4, -0.2) is 44.3 Å². The fraction of sp³-hybridized carbons (Fsp3) is 0.355. The van der Waals surface area contributed by atoms with Gasteiger partial charge in [-0.15, -0.1) is 0 Å². The van der Waals surface area contributed by atoms with Crippen LogP contribution in [0.3, 0.4) is 0 Å². The molecule has 3 rings (SSSR count). The maximum absolute atomic E-state index is 14.0. The van der Waals surface area contributed by atoms with Crippen molar-refractivity contribution in [3.8, 4) is 0 Å². The lowest BCUT2D eigenvalue weighted by Gasteiger charge is -2.32. The summed E-state index contributed by atoms with van der Waals surface area (Å²) >= 11 is 6.20. The third-order valence-corrected chi connectivity index (χ3v) is 8.61. The molecule has 0 fully saturated rings. The highest BCUT2D eigenvalue weighted by atomic mass is 35.5. The normalized spacial score (nSPS) is 12.2. The first-order valence-electron chi connectivity index (χ1n) is 13.3. The van der Waals surface area contributed by atoms with E-state index in [-0.39, 0.29) is 23.3 Å². The minimum absolute atomic E-state index is 0.0787. The molecule has 0 aliphatic rings. The molecule has 2 amide bonds. The zero-order valence-electron chi connectivity index (χ0n) is 23.9. The van der Waals surface area contributed by atoms with E-state index in [9.17, 15) is 18.0 Å². The van der Waals surface area contributed by atoms with Crippen molar-refractivity contribution >= 4 is 39.1 Å². The summed E-state index contributed by atoms with van der Waals surface area (Å²) in [6, 6.07) is 18.1. The van der Waals surface area contributed by atoms with Crippen molar-refractivity contribution in [3.05, 3.63) is 94.0 Å². The summed E-state index contributed by atoms with van der Waals surface area (Å²) in [6.07, 6.45) is 0. The number of amides is 2. The highest BCUT2D eigenvalue weighted by Crippen LogP contribution is 2.28. The Morgan fingerprint density at radius 2 is 1.55 bits per heavy atom. The average molecular weight is 584 g/mol. The molecule has 1 atom stereocenters. The summed E-state index contributed by atoms with van der Waals surface area (Å²) in [7, 11) is -4.12. The summed E-state index contributed by atoms with van der Waals surface area (Å²) in [5.74, 6) is -0.598. The molecule has 0 aromatic heterocycles. The van der Waals surface area contributed by atoms with Gasteiger partial charge in [0.05, 0.1) is 10.6 Å². The number of carbonyl (C=O) groups excluding carboxylic acids is 2. The van der Waals surface area contributed by atoms with Gasteiger partial charge in [-0.3, -0.25) is 13.9 Å². The SMILES string of the molecule is Cc1ccc(S(=O)(=O)N(CC(=O)N(Cc2cccc(Cl)c2)[C@H](C)C(=O)NCC(C)C)c2ccc(C)cc2C)cc1. The second kappa shape index (κ2) is 13.3. The van der Waals surface area contributed by atoms with Gasteiger partial charge in [-0.2, -0.15) is 0 Å². The molecule has 40 heavy (non-hydrogen) atoms. The number of carbonyl (C=O) groups is 2. The van der Waals surface area contributed by atoms with Crippen LogP contribution < -0.4 is 9.62 Å². The number of nitrogens with one attached hydrogen (secondary N) is 1. The summed E-state index contributed by atoms with van der Waals surface area (Å²) in [5, 5.41) is 3.39. The zero-order chi connectivity index (χ0) is 29.6. The van der Waals surface area contributed by atoms with Crippen molar-refractivity contribution in [1.29, 1.82) is 0 Å². The number of hydrogen-bond acceptors (Lipinski definition) is 4.